The van der Waals surface area contributed by atoms with Gasteiger partial charge in [-0.15, -0.1) is 0 Å². The van der Waals surface area contributed by atoms with E-state index in [9.17, 15) is 13.2 Å². The van der Waals surface area contributed by atoms with E-state index in [0.29, 0.717) is 19.6 Å². The first-order valence-electron chi connectivity index (χ1n) is 9.60. The van der Waals surface area contributed by atoms with Crippen LogP contribution in [0.4, 0.5) is 0 Å². The monoisotopic (exact) mass is 394 g/mol. The molecule has 1 aromatic rings. The third-order valence-corrected chi connectivity index (χ3v) is 8.23. The Kier molecular flexibility index (Phi) is 5.88. The van der Waals surface area contributed by atoms with Gasteiger partial charge < -0.3 is 5.32 Å². The van der Waals surface area contributed by atoms with Crippen LogP contribution in [-0.2, 0) is 21.4 Å². The van der Waals surface area contributed by atoms with E-state index in [1.165, 1.54) is 0 Å². The zero-order valence-corrected chi connectivity index (χ0v) is 17.2. The third kappa shape index (κ3) is 4.33. The van der Waals surface area contributed by atoms with Gasteiger partial charge in [0.05, 0.1) is 23.5 Å². The quantitative estimate of drug-likeness (QED) is 0.812. The fourth-order valence-electron chi connectivity index (χ4n) is 4.24. The summed E-state index contributed by atoms with van der Waals surface area (Å²) in [7, 11) is -1.21. The van der Waals surface area contributed by atoms with Crippen LogP contribution in [-0.4, -0.2) is 66.5 Å². The largest absolute Gasteiger partial charge is 0.349 e. The number of carbonyl (C=O) groups is 1. The zero-order valence-electron chi connectivity index (χ0n) is 16.4. The summed E-state index contributed by atoms with van der Waals surface area (Å²) < 4.78 is 26.4. The second-order valence-electron chi connectivity index (χ2n) is 8.17. The number of rotatable bonds is 5. The number of likely N-dealkylation sites (tertiary alicyclic amines) is 1. The van der Waals surface area contributed by atoms with Crippen LogP contribution in [0.15, 0.2) is 24.4 Å². The van der Waals surface area contributed by atoms with Gasteiger partial charge in [0.25, 0.3) is 0 Å². The maximum atomic E-state index is 12.7. The van der Waals surface area contributed by atoms with Gasteiger partial charge in [0.1, 0.15) is 0 Å². The first-order chi connectivity index (χ1) is 12.7. The Morgan fingerprint density at radius 1 is 1.33 bits per heavy atom. The highest BCUT2D eigenvalue weighted by Gasteiger charge is 2.47. The van der Waals surface area contributed by atoms with E-state index < -0.39 is 10.0 Å². The lowest BCUT2D eigenvalue weighted by Crippen LogP contribution is -2.46. The van der Waals surface area contributed by atoms with Crippen LogP contribution in [0, 0.1) is 5.41 Å². The first-order valence-corrected chi connectivity index (χ1v) is 11.1. The van der Waals surface area contributed by atoms with E-state index in [-0.39, 0.29) is 22.6 Å². The molecule has 1 amide bonds. The molecule has 150 valence electrons. The van der Waals surface area contributed by atoms with Crippen LogP contribution in [0.5, 0.6) is 0 Å². The number of hydrogen-bond donors (Lipinski definition) is 1. The van der Waals surface area contributed by atoms with E-state index in [1.807, 2.05) is 25.2 Å². The molecular formula is C19H30N4O3S. The molecule has 0 radical (unpaired) electrons. The summed E-state index contributed by atoms with van der Waals surface area (Å²) in [5.41, 5.74) is 0.874. The molecule has 1 N–H and O–H groups in total. The van der Waals surface area contributed by atoms with E-state index in [4.69, 9.17) is 0 Å². The van der Waals surface area contributed by atoms with E-state index >= 15 is 0 Å². The van der Waals surface area contributed by atoms with Crippen molar-refractivity contribution in [2.45, 2.75) is 50.9 Å². The summed E-state index contributed by atoms with van der Waals surface area (Å²) in [5, 5.41) is 2.61. The minimum absolute atomic E-state index is 0.0252. The molecule has 7 nitrogen and oxygen atoms in total. The third-order valence-electron chi connectivity index (χ3n) is 5.95. The molecule has 1 aromatic heterocycles. The molecular weight excluding hydrogens is 364 g/mol. The second-order valence-corrected chi connectivity index (χ2v) is 10.7. The van der Waals surface area contributed by atoms with Crippen LogP contribution < -0.4 is 5.32 Å². The Bertz CT molecular complexity index is 758. The van der Waals surface area contributed by atoms with Gasteiger partial charge in [0.15, 0.2) is 0 Å². The molecule has 3 heterocycles. The predicted molar refractivity (Wildman–Crippen MR) is 104 cm³/mol. The number of hydrogen-bond acceptors (Lipinski definition) is 5. The van der Waals surface area contributed by atoms with Crippen LogP contribution in [0.3, 0.4) is 0 Å². The average molecular weight is 395 g/mol. The Morgan fingerprint density at radius 3 is 2.63 bits per heavy atom. The smallest absolute Gasteiger partial charge is 0.237 e. The van der Waals surface area contributed by atoms with Crippen LogP contribution in [0.25, 0.3) is 0 Å². The van der Waals surface area contributed by atoms with Crippen LogP contribution in [0.1, 0.15) is 38.8 Å². The van der Waals surface area contributed by atoms with E-state index in [2.05, 4.69) is 15.2 Å². The van der Waals surface area contributed by atoms with Crippen molar-refractivity contribution in [2.24, 2.45) is 5.41 Å². The molecule has 8 heteroatoms. The number of amides is 1. The summed E-state index contributed by atoms with van der Waals surface area (Å²) in [6.45, 7) is 5.82. The van der Waals surface area contributed by atoms with E-state index in [1.54, 1.807) is 24.3 Å². The highest BCUT2D eigenvalue weighted by atomic mass is 32.2. The van der Waals surface area contributed by atoms with Gasteiger partial charge in [0.2, 0.25) is 15.9 Å². The van der Waals surface area contributed by atoms with Gasteiger partial charge in [0, 0.05) is 25.8 Å². The van der Waals surface area contributed by atoms with E-state index in [0.717, 1.165) is 31.5 Å². The highest BCUT2D eigenvalue weighted by molar-refractivity contribution is 7.89. The minimum Gasteiger partial charge on any atom is -0.349 e. The minimum atomic E-state index is -3.20. The lowest BCUT2D eigenvalue weighted by molar-refractivity contribution is -0.125. The number of likely N-dealkylation sites (N-methyl/N-ethyl adjacent to an activating group) is 1. The maximum absolute atomic E-state index is 12.7. The Labute approximate surface area is 162 Å². The molecule has 2 fully saturated rings. The normalized spacial score (nSPS) is 23.8. The molecule has 2 aliphatic heterocycles. The number of sulfonamides is 1. The average Bonchev–Trinajstić information content (AvgIpc) is 2.96. The van der Waals surface area contributed by atoms with Crippen LogP contribution in [0.2, 0.25) is 0 Å². The molecule has 27 heavy (non-hydrogen) atoms. The Morgan fingerprint density at radius 2 is 2.04 bits per heavy atom. The lowest BCUT2D eigenvalue weighted by Gasteiger charge is -2.39. The summed E-state index contributed by atoms with van der Waals surface area (Å²) in [4.78, 5) is 19.0. The van der Waals surface area contributed by atoms with Crippen molar-refractivity contribution in [3.05, 3.63) is 30.1 Å². The van der Waals surface area contributed by atoms with Gasteiger partial charge >= 0.3 is 0 Å². The van der Waals surface area contributed by atoms with Crippen molar-refractivity contribution in [1.82, 2.24) is 19.5 Å². The maximum Gasteiger partial charge on any atom is 0.237 e. The van der Waals surface area contributed by atoms with Gasteiger partial charge in [-0.2, -0.15) is 0 Å². The summed E-state index contributed by atoms with van der Waals surface area (Å²) in [6, 6.07) is 5.49. The Hall–Kier alpha value is -1.51. The van der Waals surface area contributed by atoms with Crippen LogP contribution >= 0.6 is 0 Å². The Balaban J connectivity index is 1.57. The number of nitrogens with one attached hydrogen (secondary N) is 1. The number of pyridine rings is 1. The van der Waals surface area contributed by atoms with Crippen molar-refractivity contribution >= 4 is 15.9 Å². The lowest BCUT2D eigenvalue weighted by atomic mass is 9.77. The van der Waals surface area contributed by atoms with Crippen molar-refractivity contribution in [3.63, 3.8) is 0 Å². The molecule has 0 saturated carbocycles. The summed E-state index contributed by atoms with van der Waals surface area (Å²) in [5.74, 6) is 0.0252. The molecule has 2 saturated heterocycles. The molecule has 0 bridgehead atoms. The topological polar surface area (TPSA) is 82.6 Å². The molecule has 1 unspecified atom stereocenters. The molecule has 1 spiro atoms. The zero-order chi connectivity index (χ0) is 19.7. The highest BCUT2D eigenvalue weighted by Crippen LogP contribution is 2.43. The molecule has 3 rings (SSSR count). The first kappa shape index (κ1) is 20.2. The predicted octanol–water partition coefficient (Wildman–Crippen LogP) is 1.22. The number of piperidine rings is 1. The van der Waals surface area contributed by atoms with Gasteiger partial charge in [-0.3, -0.25) is 14.7 Å². The van der Waals surface area contributed by atoms with Crippen molar-refractivity contribution < 1.29 is 13.2 Å². The van der Waals surface area contributed by atoms with Crippen molar-refractivity contribution in [1.29, 1.82) is 0 Å². The molecule has 2 aliphatic rings. The molecule has 0 aromatic carbocycles. The second kappa shape index (κ2) is 7.85. The summed E-state index contributed by atoms with van der Waals surface area (Å²) >= 11 is 0. The van der Waals surface area contributed by atoms with Gasteiger partial charge in [-0.25, -0.2) is 12.7 Å². The van der Waals surface area contributed by atoms with Crippen molar-refractivity contribution in [3.8, 4) is 0 Å². The van der Waals surface area contributed by atoms with Gasteiger partial charge in [-0.1, -0.05) is 6.07 Å². The number of aromatic nitrogens is 1. The molecule has 1 atom stereocenters. The molecule has 0 aliphatic carbocycles. The SMILES string of the molecule is CC(C)S(=O)(=O)N1CCC2(CC1)CC(C(=O)NCc1ccccn1)N(C)C2. The summed E-state index contributed by atoms with van der Waals surface area (Å²) in [6.07, 6.45) is 4.13. The van der Waals surface area contributed by atoms with Gasteiger partial charge in [-0.05, 0) is 57.7 Å². The number of carbonyl (C=O) groups excluding carboxylic acids is 1. The van der Waals surface area contributed by atoms with Crippen molar-refractivity contribution in [2.75, 3.05) is 26.7 Å². The fraction of sp³-hybridized carbons (Fsp3) is 0.684. The fourth-order valence-corrected chi connectivity index (χ4v) is 5.52. The standard InChI is InChI=1S/C19H30N4O3S/c1-15(2)27(25,26)23-10-7-19(8-11-23)12-17(22(3)14-19)18(24)21-13-16-6-4-5-9-20-16/h4-6,9,15,17H,7-8,10-14H2,1-3H3,(H,21,24). The number of nitrogens with zero attached hydrogens (tertiary/aromatic N) is 3.